The van der Waals surface area contributed by atoms with Crippen molar-refractivity contribution in [1.82, 2.24) is 9.80 Å². The van der Waals surface area contributed by atoms with Gasteiger partial charge in [0.05, 0.1) is 4.88 Å². The van der Waals surface area contributed by atoms with E-state index in [1.54, 1.807) is 24.3 Å². The summed E-state index contributed by atoms with van der Waals surface area (Å²) in [5.41, 5.74) is 4.19. The summed E-state index contributed by atoms with van der Waals surface area (Å²) in [5, 5.41) is 4.69. The van der Waals surface area contributed by atoms with Gasteiger partial charge in [-0.05, 0) is 72.5 Å². The fraction of sp³-hybridized carbons (Fsp3) is 0.219. The Kier molecular flexibility index (Phi) is 8.74. The van der Waals surface area contributed by atoms with Gasteiger partial charge in [-0.15, -0.1) is 11.3 Å². The van der Waals surface area contributed by atoms with E-state index in [0.717, 1.165) is 16.8 Å². The maximum atomic E-state index is 13.4. The molecular formula is C32H31FN4O3S. The van der Waals surface area contributed by atoms with Crippen molar-refractivity contribution in [1.29, 1.82) is 0 Å². The van der Waals surface area contributed by atoms with E-state index < -0.39 is 0 Å². The predicted octanol–water partition coefficient (Wildman–Crippen LogP) is 5.44. The Bertz CT molecular complexity index is 1480. The Morgan fingerprint density at radius 2 is 1.56 bits per heavy atom. The van der Waals surface area contributed by atoms with E-state index in [1.807, 2.05) is 65.7 Å². The van der Waals surface area contributed by atoms with Crippen molar-refractivity contribution in [3.05, 3.63) is 118 Å². The molecule has 1 aliphatic rings. The van der Waals surface area contributed by atoms with Crippen molar-refractivity contribution < 1.29 is 18.8 Å². The molecule has 0 unspecified atom stereocenters. The minimum Gasteiger partial charge on any atom is -0.368 e. The van der Waals surface area contributed by atoms with E-state index in [2.05, 4.69) is 10.2 Å². The molecule has 1 aromatic heterocycles. The van der Waals surface area contributed by atoms with Crippen molar-refractivity contribution in [2.24, 2.45) is 0 Å². The molecule has 0 atom stereocenters. The lowest BCUT2D eigenvalue weighted by Crippen LogP contribution is -2.48. The summed E-state index contributed by atoms with van der Waals surface area (Å²) in [7, 11) is 0. The summed E-state index contributed by atoms with van der Waals surface area (Å²) in [6.07, 6.45) is 0. The van der Waals surface area contributed by atoms with Crippen LogP contribution >= 0.6 is 11.3 Å². The van der Waals surface area contributed by atoms with Gasteiger partial charge in [0.1, 0.15) is 12.4 Å². The number of hydrogen-bond acceptors (Lipinski definition) is 5. The van der Waals surface area contributed by atoms with E-state index in [4.69, 9.17) is 0 Å². The molecule has 1 N–H and O–H groups in total. The Morgan fingerprint density at radius 3 is 2.20 bits per heavy atom. The number of nitrogens with one attached hydrogen (secondary N) is 1. The van der Waals surface area contributed by atoms with Crippen LogP contribution in [0.3, 0.4) is 0 Å². The number of carbonyl (C=O) groups excluding carboxylic acids is 3. The molecule has 5 rings (SSSR count). The van der Waals surface area contributed by atoms with Gasteiger partial charge in [-0.25, -0.2) is 4.39 Å². The van der Waals surface area contributed by atoms with Gasteiger partial charge in [0.2, 0.25) is 5.91 Å². The zero-order valence-corrected chi connectivity index (χ0v) is 23.6. The van der Waals surface area contributed by atoms with E-state index in [0.29, 0.717) is 42.3 Å². The number of benzene rings is 3. The monoisotopic (exact) mass is 570 g/mol. The summed E-state index contributed by atoms with van der Waals surface area (Å²) < 4.78 is 13.4. The highest BCUT2D eigenvalue weighted by atomic mass is 32.1. The summed E-state index contributed by atoms with van der Waals surface area (Å²) in [6.45, 7) is 4.73. The molecule has 1 fully saturated rings. The molecule has 0 bridgehead atoms. The first kappa shape index (κ1) is 28.0. The fourth-order valence-electron chi connectivity index (χ4n) is 4.74. The third kappa shape index (κ3) is 7.18. The second-order valence-corrected chi connectivity index (χ2v) is 11.0. The number of amides is 3. The van der Waals surface area contributed by atoms with Gasteiger partial charge in [0.25, 0.3) is 11.8 Å². The first-order valence-electron chi connectivity index (χ1n) is 13.4. The number of rotatable bonds is 8. The van der Waals surface area contributed by atoms with Crippen LogP contribution < -0.4 is 10.2 Å². The van der Waals surface area contributed by atoms with Crippen LogP contribution in [0.2, 0.25) is 0 Å². The lowest BCUT2D eigenvalue weighted by molar-refractivity contribution is -0.117. The van der Waals surface area contributed by atoms with Crippen LogP contribution in [-0.4, -0.2) is 60.2 Å². The number of hydrogen-bond donors (Lipinski definition) is 1. The van der Waals surface area contributed by atoms with Crippen LogP contribution in [0.25, 0.3) is 0 Å². The SMILES string of the molecule is Cc1ccc(C(=O)N2CCN(c3ccc(NC(=O)CN(Cc4ccc(F)cc4)C(=O)c4cccs4)cc3)CC2)cc1. The maximum absolute atomic E-state index is 13.4. The molecule has 0 spiro atoms. The van der Waals surface area contributed by atoms with Gasteiger partial charge in [0, 0.05) is 49.7 Å². The largest absolute Gasteiger partial charge is 0.368 e. The zero-order chi connectivity index (χ0) is 28.8. The molecule has 0 radical (unpaired) electrons. The van der Waals surface area contributed by atoms with Gasteiger partial charge >= 0.3 is 0 Å². The molecule has 0 saturated carbocycles. The quantitative estimate of drug-likeness (QED) is 0.306. The minimum atomic E-state index is -0.358. The van der Waals surface area contributed by atoms with Gasteiger partial charge in [0.15, 0.2) is 0 Å². The zero-order valence-electron chi connectivity index (χ0n) is 22.8. The van der Waals surface area contributed by atoms with Crippen LogP contribution in [0.5, 0.6) is 0 Å². The molecule has 1 aliphatic heterocycles. The maximum Gasteiger partial charge on any atom is 0.264 e. The molecular weight excluding hydrogens is 539 g/mol. The minimum absolute atomic E-state index is 0.0498. The third-order valence-corrected chi connectivity index (χ3v) is 7.88. The van der Waals surface area contributed by atoms with Gasteiger partial charge in [-0.2, -0.15) is 0 Å². The molecule has 0 aliphatic carbocycles. The van der Waals surface area contributed by atoms with Crippen molar-refractivity contribution in [3.63, 3.8) is 0 Å². The molecule has 3 aromatic carbocycles. The van der Waals surface area contributed by atoms with Crippen LogP contribution in [0, 0.1) is 12.7 Å². The molecule has 7 nitrogen and oxygen atoms in total. The topological polar surface area (TPSA) is 73.0 Å². The van der Waals surface area contributed by atoms with Crippen LogP contribution in [0.15, 0.2) is 90.3 Å². The molecule has 210 valence electrons. The van der Waals surface area contributed by atoms with E-state index >= 15 is 0 Å². The Morgan fingerprint density at radius 1 is 0.878 bits per heavy atom. The predicted molar refractivity (Wildman–Crippen MR) is 160 cm³/mol. The van der Waals surface area contributed by atoms with Crippen LogP contribution in [-0.2, 0) is 11.3 Å². The number of carbonyl (C=O) groups is 3. The average Bonchev–Trinajstić information content (AvgIpc) is 3.53. The van der Waals surface area contributed by atoms with E-state index in [-0.39, 0.29) is 36.6 Å². The highest BCUT2D eigenvalue weighted by Gasteiger charge is 2.23. The van der Waals surface area contributed by atoms with Crippen molar-refractivity contribution in [3.8, 4) is 0 Å². The first-order chi connectivity index (χ1) is 19.9. The summed E-state index contributed by atoms with van der Waals surface area (Å²) in [5.74, 6) is -0.889. The number of aryl methyl sites for hydroxylation is 1. The van der Waals surface area contributed by atoms with Crippen molar-refractivity contribution >= 4 is 40.4 Å². The highest BCUT2D eigenvalue weighted by Crippen LogP contribution is 2.21. The van der Waals surface area contributed by atoms with Gasteiger partial charge in [-0.3, -0.25) is 14.4 Å². The van der Waals surface area contributed by atoms with Crippen molar-refractivity contribution in [2.75, 3.05) is 42.9 Å². The normalized spacial score (nSPS) is 13.1. The summed E-state index contributed by atoms with van der Waals surface area (Å²) in [6, 6.07) is 24.6. The second-order valence-electron chi connectivity index (χ2n) is 10.0. The Balaban J connectivity index is 1.17. The average molecular weight is 571 g/mol. The van der Waals surface area contributed by atoms with Crippen LogP contribution in [0.1, 0.15) is 31.2 Å². The molecule has 1 saturated heterocycles. The number of anilines is 2. The second kappa shape index (κ2) is 12.8. The Labute approximate surface area is 242 Å². The highest BCUT2D eigenvalue weighted by molar-refractivity contribution is 7.12. The smallest absolute Gasteiger partial charge is 0.264 e. The number of halogens is 1. The molecule has 3 amide bonds. The first-order valence-corrected chi connectivity index (χ1v) is 14.3. The Hall–Kier alpha value is -4.50. The van der Waals surface area contributed by atoms with Crippen molar-refractivity contribution in [2.45, 2.75) is 13.5 Å². The molecule has 41 heavy (non-hydrogen) atoms. The number of thiophene rings is 1. The van der Waals surface area contributed by atoms with E-state index in [1.165, 1.54) is 28.4 Å². The third-order valence-electron chi connectivity index (χ3n) is 7.02. The summed E-state index contributed by atoms with van der Waals surface area (Å²) >= 11 is 1.31. The summed E-state index contributed by atoms with van der Waals surface area (Å²) in [4.78, 5) is 45.0. The van der Waals surface area contributed by atoms with Gasteiger partial charge in [-0.1, -0.05) is 35.9 Å². The molecule has 2 heterocycles. The lowest BCUT2D eigenvalue weighted by Gasteiger charge is -2.36. The molecule has 9 heteroatoms. The molecule has 4 aromatic rings. The number of piperazine rings is 1. The van der Waals surface area contributed by atoms with E-state index in [9.17, 15) is 18.8 Å². The standard InChI is InChI=1S/C32H31FN4O3S/c1-23-4-8-25(9-5-23)31(39)36-18-16-35(17-19-36)28-14-12-27(13-15-28)34-30(38)22-37(32(40)29-3-2-20-41-29)21-24-6-10-26(33)11-7-24/h2-15,20H,16-19,21-22H2,1H3,(H,34,38). The lowest BCUT2D eigenvalue weighted by atomic mass is 10.1. The van der Waals surface area contributed by atoms with Gasteiger partial charge < -0.3 is 20.0 Å². The van der Waals surface area contributed by atoms with Crippen LogP contribution in [0.4, 0.5) is 15.8 Å². The number of nitrogens with zero attached hydrogens (tertiary/aromatic N) is 3. The fourth-order valence-corrected chi connectivity index (χ4v) is 5.43.